The third-order valence-electron chi connectivity index (χ3n) is 2.32. The van der Waals surface area contributed by atoms with Crippen molar-refractivity contribution in [2.75, 3.05) is 20.3 Å². The summed E-state index contributed by atoms with van der Waals surface area (Å²) in [7, 11) is 1.67. The fraction of sp³-hybridized carbons (Fsp3) is 0.444. The Kier molecular flexibility index (Phi) is 2.19. The van der Waals surface area contributed by atoms with Gasteiger partial charge in [0, 0.05) is 7.11 Å². The molecule has 0 N–H and O–H groups in total. The van der Waals surface area contributed by atoms with E-state index in [2.05, 4.69) is 0 Å². The van der Waals surface area contributed by atoms with Gasteiger partial charge in [-0.05, 0) is 17.0 Å². The number of hydrogen-bond donors (Lipinski definition) is 0. The highest BCUT2D eigenvalue weighted by Crippen LogP contribution is 2.35. The van der Waals surface area contributed by atoms with Crippen LogP contribution in [-0.2, 0) is 15.1 Å². The molecule has 1 aromatic heterocycles. The summed E-state index contributed by atoms with van der Waals surface area (Å²) in [5.41, 5.74) is 0.756. The zero-order chi connectivity index (χ0) is 9.31. The third kappa shape index (κ3) is 1.31. The van der Waals surface area contributed by atoms with Crippen molar-refractivity contribution < 1.29 is 14.3 Å². The molecule has 0 saturated carbocycles. The van der Waals surface area contributed by atoms with Crippen LogP contribution >= 0.6 is 11.3 Å². The van der Waals surface area contributed by atoms with Crippen LogP contribution in [-0.4, -0.2) is 26.6 Å². The van der Waals surface area contributed by atoms with Crippen molar-refractivity contribution in [2.45, 2.75) is 5.60 Å². The summed E-state index contributed by atoms with van der Waals surface area (Å²) >= 11 is 1.44. The van der Waals surface area contributed by atoms with E-state index in [4.69, 9.17) is 9.47 Å². The average Bonchev–Trinajstić information content (AvgIpc) is 2.52. The fourth-order valence-electron chi connectivity index (χ4n) is 1.34. The number of carbonyl (C=O) groups is 1. The maximum atomic E-state index is 10.5. The second-order valence-electron chi connectivity index (χ2n) is 3.05. The Morgan fingerprint density at radius 1 is 1.69 bits per heavy atom. The summed E-state index contributed by atoms with van der Waals surface area (Å²) in [5.74, 6) is 0. The first-order valence-electron chi connectivity index (χ1n) is 3.98. The topological polar surface area (TPSA) is 35.5 Å². The number of carbonyl (C=O) groups excluding carboxylic acids is 1. The molecule has 0 atom stereocenters. The molecule has 0 aliphatic carbocycles. The second kappa shape index (κ2) is 3.21. The van der Waals surface area contributed by atoms with Crippen molar-refractivity contribution in [1.29, 1.82) is 0 Å². The molecule has 1 aliphatic heterocycles. The maximum absolute atomic E-state index is 10.5. The van der Waals surface area contributed by atoms with Gasteiger partial charge in [-0.1, -0.05) is 0 Å². The fourth-order valence-corrected chi connectivity index (χ4v) is 2.14. The Labute approximate surface area is 80.3 Å². The minimum atomic E-state index is -0.294. The van der Waals surface area contributed by atoms with Gasteiger partial charge in [0.15, 0.2) is 6.29 Å². The lowest BCUT2D eigenvalue weighted by atomic mass is 9.94. The van der Waals surface area contributed by atoms with E-state index in [0.717, 1.165) is 16.7 Å². The lowest BCUT2D eigenvalue weighted by Gasteiger charge is -2.39. The van der Waals surface area contributed by atoms with Gasteiger partial charge in [-0.25, -0.2) is 0 Å². The summed E-state index contributed by atoms with van der Waals surface area (Å²) in [6.07, 6.45) is 0.858. The van der Waals surface area contributed by atoms with Crippen LogP contribution in [0.3, 0.4) is 0 Å². The molecule has 70 valence electrons. The van der Waals surface area contributed by atoms with E-state index in [1.54, 1.807) is 7.11 Å². The molecule has 0 spiro atoms. The Morgan fingerprint density at radius 2 is 2.46 bits per heavy atom. The minimum absolute atomic E-state index is 0.294. The molecular weight excluding hydrogens is 188 g/mol. The van der Waals surface area contributed by atoms with Gasteiger partial charge in [-0.3, -0.25) is 4.79 Å². The number of rotatable bonds is 3. The van der Waals surface area contributed by atoms with Crippen LogP contribution in [0, 0.1) is 0 Å². The van der Waals surface area contributed by atoms with Crippen molar-refractivity contribution in [2.24, 2.45) is 0 Å². The lowest BCUT2D eigenvalue weighted by molar-refractivity contribution is -0.202. The van der Waals surface area contributed by atoms with E-state index in [9.17, 15) is 4.79 Å². The number of aldehydes is 1. The zero-order valence-corrected chi connectivity index (χ0v) is 8.10. The van der Waals surface area contributed by atoms with Crippen molar-refractivity contribution in [1.82, 2.24) is 0 Å². The Morgan fingerprint density at radius 3 is 2.85 bits per heavy atom. The summed E-state index contributed by atoms with van der Waals surface area (Å²) in [5, 5.41) is 1.95. The van der Waals surface area contributed by atoms with Crippen LogP contribution in [0.25, 0.3) is 0 Å². The highest BCUT2D eigenvalue weighted by atomic mass is 32.1. The molecule has 2 rings (SSSR count). The van der Waals surface area contributed by atoms with Gasteiger partial charge in [0.1, 0.15) is 5.60 Å². The van der Waals surface area contributed by atoms with Crippen LogP contribution in [0.4, 0.5) is 0 Å². The van der Waals surface area contributed by atoms with Gasteiger partial charge in [0.2, 0.25) is 0 Å². The Hall–Kier alpha value is -0.710. The lowest BCUT2D eigenvalue weighted by Crippen LogP contribution is -2.47. The number of thiophene rings is 1. The highest BCUT2D eigenvalue weighted by molar-refractivity contribution is 7.11. The van der Waals surface area contributed by atoms with E-state index in [-0.39, 0.29) is 5.60 Å². The van der Waals surface area contributed by atoms with Gasteiger partial charge in [0.25, 0.3) is 0 Å². The molecule has 0 amide bonds. The van der Waals surface area contributed by atoms with Crippen molar-refractivity contribution >= 4 is 17.6 Å². The summed E-state index contributed by atoms with van der Waals surface area (Å²) in [4.78, 5) is 11.2. The van der Waals surface area contributed by atoms with E-state index in [1.807, 2.05) is 11.4 Å². The van der Waals surface area contributed by atoms with Crippen LogP contribution in [0.2, 0.25) is 0 Å². The zero-order valence-electron chi connectivity index (χ0n) is 7.28. The smallest absolute Gasteiger partial charge is 0.160 e. The summed E-state index contributed by atoms with van der Waals surface area (Å²) in [6.45, 7) is 1.16. The Bertz CT molecular complexity index is 309. The molecular formula is C9H10O3S. The van der Waals surface area contributed by atoms with E-state index in [1.165, 1.54) is 11.3 Å². The number of ether oxygens (including phenoxy) is 2. The molecule has 0 radical (unpaired) electrons. The van der Waals surface area contributed by atoms with Crippen LogP contribution in [0.1, 0.15) is 15.2 Å². The van der Waals surface area contributed by atoms with Crippen LogP contribution in [0.5, 0.6) is 0 Å². The average molecular weight is 198 g/mol. The molecule has 1 fully saturated rings. The highest BCUT2D eigenvalue weighted by Gasteiger charge is 2.41. The molecule has 2 heterocycles. The summed E-state index contributed by atoms with van der Waals surface area (Å²) < 4.78 is 10.5. The van der Waals surface area contributed by atoms with Gasteiger partial charge in [-0.15, -0.1) is 11.3 Å². The SMILES string of the molecule is COC1(c2csc(C=O)c2)COC1. The molecule has 1 saturated heterocycles. The molecule has 0 aromatic carbocycles. The monoisotopic (exact) mass is 198 g/mol. The largest absolute Gasteiger partial charge is 0.375 e. The van der Waals surface area contributed by atoms with Gasteiger partial charge < -0.3 is 9.47 Å². The molecule has 13 heavy (non-hydrogen) atoms. The molecule has 4 heteroatoms. The molecule has 1 aliphatic rings. The predicted molar refractivity (Wildman–Crippen MR) is 49.2 cm³/mol. The van der Waals surface area contributed by atoms with Crippen molar-refractivity contribution in [3.63, 3.8) is 0 Å². The van der Waals surface area contributed by atoms with Gasteiger partial charge >= 0.3 is 0 Å². The molecule has 0 bridgehead atoms. The van der Waals surface area contributed by atoms with E-state index < -0.39 is 0 Å². The van der Waals surface area contributed by atoms with Crippen LogP contribution < -0.4 is 0 Å². The first kappa shape index (κ1) is 8.87. The van der Waals surface area contributed by atoms with E-state index >= 15 is 0 Å². The maximum Gasteiger partial charge on any atom is 0.160 e. The summed E-state index contributed by atoms with van der Waals surface area (Å²) in [6, 6.07) is 1.86. The standard InChI is InChI=1S/C9H10O3S/c1-11-9(5-12-6-9)7-2-8(3-10)13-4-7/h2-4H,5-6H2,1H3. The Balaban J connectivity index is 2.27. The molecule has 0 unspecified atom stereocenters. The number of methoxy groups -OCH3 is 1. The van der Waals surface area contributed by atoms with Gasteiger partial charge in [-0.2, -0.15) is 0 Å². The quantitative estimate of drug-likeness (QED) is 0.689. The van der Waals surface area contributed by atoms with Crippen LogP contribution in [0.15, 0.2) is 11.4 Å². The number of hydrogen-bond acceptors (Lipinski definition) is 4. The van der Waals surface area contributed by atoms with Crippen molar-refractivity contribution in [3.05, 3.63) is 21.9 Å². The second-order valence-corrected chi connectivity index (χ2v) is 3.99. The first-order valence-corrected chi connectivity index (χ1v) is 4.86. The normalized spacial score (nSPS) is 19.5. The van der Waals surface area contributed by atoms with E-state index in [0.29, 0.717) is 13.2 Å². The minimum Gasteiger partial charge on any atom is -0.375 e. The van der Waals surface area contributed by atoms with Gasteiger partial charge in [0.05, 0.1) is 18.1 Å². The third-order valence-corrected chi connectivity index (χ3v) is 3.18. The first-order chi connectivity index (χ1) is 6.30. The van der Waals surface area contributed by atoms with Crippen molar-refractivity contribution in [3.8, 4) is 0 Å². The molecule has 1 aromatic rings. The predicted octanol–water partition coefficient (Wildman–Crippen LogP) is 1.43. The molecule has 3 nitrogen and oxygen atoms in total.